The van der Waals surface area contributed by atoms with Gasteiger partial charge in [0.2, 0.25) is 0 Å². The number of aliphatic imine (C=N–C) groups is 1. The van der Waals surface area contributed by atoms with Crippen molar-refractivity contribution in [3.8, 4) is 0 Å². The number of piperazine rings is 1. The minimum absolute atomic E-state index is 0. The van der Waals surface area contributed by atoms with Crippen molar-refractivity contribution in [1.82, 2.24) is 20.4 Å². The van der Waals surface area contributed by atoms with Gasteiger partial charge in [0.25, 0.3) is 0 Å². The zero-order valence-electron chi connectivity index (χ0n) is 16.2. The summed E-state index contributed by atoms with van der Waals surface area (Å²) in [6, 6.07) is 4.28. The summed E-state index contributed by atoms with van der Waals surface area (Å²) in [6.45, 7) is 9.13. The third kappa shape index (κ3) is 8.70. The van der Waals surface area contributed by atoms with Crippen molar-refractivity contribution in [3.05, 3.63) is 24.2 Å². The first-order chi connectivity index (χ1) is 12.2. The molecule has 1 aliphatic heterocycles. The lowest BCUT2D eigenvalue weighted by Crippen LogP contribution is -2.51. The van der Waals surface area contributed by atoms with Crippen LogP contribution in [0.1, 0.15) is 19.1 Å². The van der Waals surface area contributed by atoms with Crippen LogP contribution in [-0.4, -0.2) is 81.8 Å². The summed E-state index contributed by atoms with van der Waals surface area (Å²) in [5.41, 5.74) is 0. The molecule has 2 N–H and O–H groups in total. The molecular formula is C18H34IN5O2. The Labute approximate surface area is 174 Å². The number of nitrogens with zero attached hydrogens (tertiary/aromatic N) is 3. The zero-order chi connectivity index (χ0) is 17.9. The maximum absolute atomic E-state index is 5.59. The Morgan fingerprint density at radius 1 is 1.35 bits per heavy atom. The Hall–Kier alpha value is -0.840. The molecule has 2 heterocycles. The Bertz CT molecular complexity index is 498. The average molecular weight is 479 g/mol. The van der Waals surface area contributed by atoms with Gasteiger partial charge in [0, 0.05) is 45.4 Å². The topological polar surface area (TPSA) is 65.3 Å². The highest BCUT2D eigenvalue weighted by molar-refractivity contribution is 14.0. The second-order valence-corrected chi connectivity index (χ2v) is 6.53. The molecule has 1 fully saturated rings. The molecule has 1 unspecified atom stereocenters. The van der Waals surface area contributed by atoms with Gasteiger partial charge >= 0.3 is 0 Å². The molecule has 8 heteroatoms. The van der Waals surface area contributed by atoms with E-state index < -0.39 is 0 Å². The van der Waals surface area contributed by atoms with Gasteiger partial charge in [0.15, 0.2) is 5.96 Å². The van der Waals surface area contributed by atoms with Crippen LogP contribution in [0.25, 0.3) is 0 Å². The predicted octanol–water partition coefficient (Wildman–Crippen LogP) is 1.61. The molecule has 0 aliphatic carbocycles. The first kappa shape index (κ1) is 23.2. The Morgan fingerprint density at radius 2 is 2.19 bits per heavy atom. The predicted molar refractivity (Wildman–Crippen MR) is 116 cm³/mol. The van der Waals surface area contributed by atoms with E-state index in [1.807, 2.05) is 12.1 Å². The van der Waals surface area contributed by atoms with Crippen LogP contribution in [0, 0.1) is 0 Å². The molecule has 1 aromatic heterocycles. The number of likely N-dealkylation sites (N-methyl/N-ethyl adjacent to an activating group) is 2. The molecule has 1 atom stereocenters. The highest BCUT2D eigenvalue weighted by Gasteiger charge is 2.21. The summed E-state index contributed by atoms with van der Waals surface area (Å²) < 4.78 is 10.8. The SMILES string of the molecule is CCNC(=NCC1CN(C)CCN1C)NCCCOCc1ccco1.I. The van der Waals surface area contributed by atoms with E-state index in [-0.39, 0.29) is 24.0 Å². The van der Waals surface area contributed by atoms with Gasteiger partial charge in [0.1, 0.15) is 12.4 Å². The van der Waals surface area contributed by atoms with Gasteiger partial charge in [-0.05, 0) is 39.6 Å². The van der Waals surface area contributed by atoms with E-state index in [1.165, 1.54) is 0 Å². The van der Waals surface area contributed by atoms with Crippen molar-refractivity contribution >= 4 is 29.9 Å². The lowest BCUT2D eigenvalue weighted by Gasteiger charge is -2.36. The summed E-state index contributed by atoms with van der Waals surface area (Å²) in [5.74, 6) is 1.75. The highest BCUT2D eigenvalue weighted by atomic mass is 127. The molecular weight excluding hydrogens is 445 g/mol. The van der Waals surface area contributed by atoms with Crippen LogP contribution in [0.2, 0.25) is 0 Å². The molecule has 1 aliphatic rings. The summed E-state index contributed by atoms with van der Waals surface area (Å²) in [7, 11) is 4.36. The third-order valence-corrected chi connectivity index (χ3v) is 4.37. The fourth-order valence-corrected chi connectivity index (χ4v) is 2.79. The Kier molecular flexibility index (Phi) is 11.9. The van der Waals surface area contributed by atoms with Crippen molar-refractivity contribution in [3.63, 3.8) is 0 Å². The minimum Gasteiger partial charge on any atom is -0.467 e. The second kappa shape index (κ2) is 13.3. The quantitative estimate of drug-likeness (QED) is 0.243. The second-order valence-electron chi connectivity index (χ2n) is 6.53. The van der Waals surface area contributed by atoms with Crippen LogP contribution >= 0.6 is 24.0 Å². The standard InChI is InChI=1S/C18H33N5O2.HI/c1-4-19-18(21-13-16-14-22(2)9-10-23(16)3)20-8-6-11-24-15-17-7-5-12-25-17;/h5,7,12,16H,4,6,8-11,13-15H2,1-3H3,(H2,19,20,21);1H. The molecule has 150 valence electrons. The molecule has 0 spiro atoms. The average Bonchev–Trinajstić information content (AvgIpc) is 3.11. The van der Waals surface area contributed by atoms with E-state index in [2.05, 4.69) is 41.5 Å². The number of halogens is 1. The molecule has 7 nitrogen and oxygen atoms in total. The monoisotopic (exact) mass is 479 g/mol. The molecule has 26 heavy (non-hydrogen) atoms. The van der Waals surface area contributed by atoms with Gasteiger partial charge in [-0.2, -0.15) is 0 Å². The summed E-state index contributed by atoms with van der Waals surface area (Å²) >= 11 is 0. The third-order valence-electron chi connectivity index (χ3n) is 4.37. The van der Waals surface area contributed by atoms with Crippen molar-refractivity contribution < 1.29 is 9.15 Å². The van der Waals surface area contributed by atoms with Gasteiger partial charge < -0.3 is 24.7 Å². The van der Waals surface area contributed by atoms with Crippen LogP contribution < -0.4 is 10.6 Å². The van der Waals surface area contributed by atoms with E-state index in [9.17, 15) is 0 Å². The number of nitrogens with one attached hydrogen (secondary N) is 2. The van der Waals surface area contributed by atoms with Gasteiger partial charge in [-0.1, -0.05) is 0 Å². The maximum atomic E-state index is 5.59. The van der Waals surface area contributed by atoms with E-state index in [0.29, 0.717) is 19.3 Å². The molecule has 0 radical (unpaired) electrons. The normalized spacial score (nSPS) is 19.2. The van der Waals surface area contributed by atoms with Crippen LogP contribution in [-0.2, 0) is 11.3 Å². The molecule has 0 amide bonds. The number of furan rings is 1. The number of ether oxygens (including phenoxy) is 1. The van der Waals surface area contributed by atoms with Gasteiger partial charge in [-0.15, -0.1) is 24.0 Å². The highest BCUT2D eigenvalue weighted by Crippen LogP contribution is 2.06. The Morgan fingerprint density at radius 3 is 2.92 bits per heavy atom. The summed E-state index contributed by atoms with van der Waals surface area (Å²) in [4.78, 5) is 9.52. The lowest BCUT2D eigenvalue weighted by atomic mass is 10.2. The lowest BCUT2D eigenvalue weighted by molar-refractivity contribution is 0.105. The van der Waals surface area contributed by atoms with Gasteiger partial charge in [0.05, 0.1) is 12.8 Å². The minimum atomic E-state index is 0. The fraction of sp³-hybridized carbons (Fsp3) is 0.722. The van der Waals surface area contributed by atoms with Crippen molar-refractivity contribution in [2.45, 2.75) is 26.0 Å². The van der Waals surface area contributed by atoms with Gasteiger partial charge in [-0.25, -0.2) is 0 Å². The van der Waals surface area contributed by atoms with Crippen LogP contribution in [0.15, 0.2) is 27.8 Å². The molecule has 0 bridgehead atoms. The van der Waals surface area contributed by atoms with E-state index >= 15 is 0 Å². The largest absolute Gasteiger partial charge is 0.467 e. The number of hydrogen-bond acceptors (Lipinski definition) is 5. The maximum Gasteiger partial charge on any atom is 0.191 e. The smallest absolute Gasteiger partial charge is 0.191 e. The first-order valence-electron chi connectivity index (χ1n) is 9.20. The van der Waals surface area contributed by atoms with Crippen molar-refractivity contribution in [1.29, 1.82) is 0 Å². The molecule has 2 rings (SSSR count). The Balaban J connectivity index is 0.00000338. The fourth-order valence-electron chi connectivity index (χ4n) is 2.79. The summed E-state index contributed by atoms with van der Waals surface area (Å²) in [6.07, 6.45) is 2.60. The molecule has 0 aromatic carbocycles. The number of hydrogen-bond donors (Lipinski definition) is 2. The number of rotatable bonds is 9. The van der Waals surface area contributed by atoms with Crippen LogP contribution in [0.3, 0.4) is 0 Å². The summed E-state index contributed by atoms with van der Waals surface area (Å²) in [5, 5.41) is 6.70. The van der Waals surface area contributed by atoms with Crippen molar-refractivity contribution in [2.75, 3.05) is 60.0 Å². The van der Waals surface area contributed by atoms with E-state index in [1.54, 1.807) is 6.26 Å². The molecule has 0 saturated carbocycles. The van der Waals surface area contributed by atoms with Gasteiger partial charge in [-0.3, -0.25) is 9.89 Å². The van der Waals surface area contributed by atoms with Crippen LogP contribution in [0.5, 0.6) is 0 Å². The molecule has 1 aromatic rings. The van der Waals surface area contributed by atoms with Crippen LogP contribution in [0.4, 0.5) is 0 Å². The zero-order valence-corrected chi connectivity index (χ0v) is 18.6. The van der Waals surface area contributed by atoms with Crippen molar-refractivity contribution in [2.24, 2.45) is 4.99 Å². The molecule has 1 saturated heterocycles. The first-order valence-corrected chi connectivity index (χ1v) is 9.20. The van der Waals surface area contributed by atoms with E-state index in [0.717, 1.165) is 57.4 Å². The number of guanidine groups is 1. The van der Waals surface area contributed by atoms with E-state index in [4.69, 9.17) is 14.1 Å².